The maximum Gasteiger partial charge on any atom is 0.333 e. The molecule has 2 heterocycles. The summed E-state index contributed by atoms with van der Waals surface area (Å²) in [6.07, 6.45) is 1.49. The van der Waals surface area contributed by atoms with Crippen molar-refractivity contribution in [2.45, 2.75) is 19.6 Å². The van der Waals surface area contributed by atoms with Crippen LogP contribution in [-0.4, -0.2) is 50.5 Å². The minimum absolute atomic E-state index is 0.190. The van der Waals surface area contributed by atoms with E-state index in [1.54, 1.807) is 18.7 Å². The number of fused-ring (bicyclic) bond motifs is 1. The predicted molar refractivity (Wildman–Crippen MR) is 119 cm³/mol. The van der Waals surface area contributed by atoms with E-state index in [1.165, 1.54) is 10.9 Å². The Morgan fingerprint density at radius 2 is 1.90 bits per heavy atom. The molecular formula is C19H23N7O4S. The van der Waals surface area contributed by atoms with Gasteiger partial charge in [-0.2, -0.15) is 0 Å². The monoisotopic (exact) mass is 445 g/mol. The number of nitrogens with zero attached hydrogens (tertiary/aromatic N) is 4. The molecule has 164 valence electrons. The first-order chi connectivity index (χ1) is 15.0. The lowest BCUT2D eigenvalue weighted by atomic mass is 10.2. The van der Waals surface area contributed by atoms with Gasteiger partial charge in [0.2, 0.25) is 0 Å². The van der Waals surface area contributed by atoms with E-state index in [4.69, 9.17) is 17.0 Å². The van der Waals surface area contributed by atoms with Crippen molar-refractivity contribution in [1.82, 2.24) is 34.9 Å². The lowest BCUT2D eigenvalue weighted by Gasteiger charge is -2.13. The minimum atomic E-state index is -0.635. The molecular weight excluding hydrogens is 422 g/mol. The zero-order chi connectivity index (χ0) is 22.4. The van der Waals surface area contributed by atoms with Gasteiger partial charge in [0.05, 0.1) is 19.5 Å². The van der Waals surface area contributed by atoms with Crippen LogP contribution in [0.4, 0.5) is 0 Å². The molecule has 0 aliphatic heterocycles. The molecule has 31 heavy (non-hydrogen) atoms. The number of nitrogens with one attached hydrogen (secondary N) is 3. The normalized spacial score (nSPS) is 10.8. The number of hydrogen-bond acceptors (Lipinski definition) is 6. The molecule has 0 saturated heterocycles. The van der Waals surface area contributed by atoms with Crippen molar-refractivity contribution in [3.05, 3.63) is 63.1 Å². The smallest absolute Gasteiger partial charge is 0.333 e. The number of methoxy groups -OCH3 is 1. The number of rotatable bonds is 7. The second kappa shape index (κ2) is 10.00. The van der Waals surface area contributed by atoms with E-state index in [0.29, 0.717) is 13.2 Å². The summed E-state index contributed by atoms with van der Waals surface area (Å²) in [6.45, 7) is 0.434. The zero-order valence-electron chi connectivity index (χ0n) is 17.1. The molecule has 0 spiro atoms. The van der Waals surface area contributed by atoms with Crippen molar-refractivity contribution < 1.29 is 9.53 Å². The number of ether oxygens (including phenoxy) is 1. The summed E-state index contributed by atoms with van der Waals surface area (Å²) in [6, 6.07) is 9.31. The molecule has 12 heteroatoms. The number of carbonyl (C=O) groups is 1. The highest BCUT2D eigenvalue weighted by Gasteiger charge is 2.20. The average Bonchev–Trinajstić information content (AvgIpc) is 3.21. The van der Waals surface area contributed by atoms with E-state index >= 15 is 0 Å². The molecule has 2 aromatic heterocycles. The number of aromatic nitrogens is 4. The number of benzene rings is 1. The van der Waals surface area contributed by atoms with Gasteiger partial charge in [0.1, 0.15) is 6.54 Å². The maximum absolute atomic E-state index is 13.2. The quantitative estimate of drug-likeness (QED) is 0.318. The molecule has 0 aliphatic rings. The van der Waals surface area contributed by atoms with E-state index < -0.39 is 23.7 Å². The third-order valence-corrected chi connectivity index (χ3v) is 4.85. The van der Waals surface area contributed by atoms with Gasteiger partial charge in [-0.05, 0) is 17.8 Å². The number of carbonyl (C=O) groups excluding carboxylic acids is 1. The van der Waals surface area contributed by atoms with Crippen molar-refractivity contribution in [2.24, 2.45) is 0 Å². The molecule has 3 aromatic rings. The Kier molecular flexibility index (Phi) is 7.15. The Balaban J connectivity index is 2.07. The molecule has 1 amide bonds. The molecule has 0 unspecified atom stereocenters. The summed E-state index contributed by atoms with van der Waals surface area (Å²) in [5.74, 6) is -0.606. The minimum Gasteiger partial charge on any atom is -0.383 e. The van der Waals surface area contributed by atoms with Crippen LogP contribution in [0.15, 0.2) is 46.2 Å². The summed E-state index contributed by atoms with van der Waals surface area (Å²) in [4.78, 5) is 42.9. The molecule has 3 N–H and O–H groups in total. The Bertz CT molecular complexity index is 1200. The fraction of sp³-hybridized carbons (Fsp3) is 0.316. The fourth-order valence-electron chi connectivity index (χ4n) is 3.02. The molecule has 1 aromatic carbocycles. The van der Waals surface area contributed by atoms with Crippen molar-refractivity contribution in [3.63, 3.8) is 0 Å². The van der Waals surface area contributed by atoms with Crippen molar-refractivity contribution in [2.75, 3.05) is 20.8 Å². The van der Waals surface area contributed by atoms with Crippen LogP contribution in [0.5, 0.6) is 0 Å². The largest absolute Gasteiger partial charge is 0.383 e. The Labute approximate surface area is 182 Å². The number of hydrogen-bond donors (Lipinski definition) is 3. The zero-order valence-corrected chi connectivity index (χ0v) is 17.9. The van der Waals surface area contributed by atoms with Crippen LogP contribution < -0.4 is 27.4 Å². The Morgan fingerprint density at radius 3 is 2.58 bits per heavy atom. The highest BCUT2D eigenvalue weighted by Crippen LogP contribution is 2.09. The van der Waals surface area contributed by atoms with Crippen molar-refractivity contribution >= 4 is 34.4 Å². The van der Waals surface area contributed by atoms with Gasteiger partial charge in [0.25, 0.3) is 11.5 Å². The van der Waals surface area contributed by atoms with E-state index in [0.717, 1.165) is 10.1 Å². The first-order valence-corrected chi connectivity index (χ1v) is 9.85. The van der Waals surface area contributed by atoms with Gasteiger partial charge in [0, 0.05) is 20.7 Å². The van der Waals surface area contributed by atoms with Crippen LogP contribution in [-0.2, 0) is 29.2 Å². The van der Waals surface area contributed by atoms with E-state index in [-0.39, 0.29) is 22.8 Å². The molecule has 0 aliphatic carbocycles. The van der Waals surface area contributed by atoms with E-state index in [1.807, 2.05) is 30.3 Å². The van der Waals surface area contributed by atoms with Crippen LogP contribution in [0.25, 0.3) is 11.2 Å². The van der Waals surface area contributed by atoms with Gasteiger partial charge < -0.3 is 14.6 Å². The van der Waals surface area contributed by atoms with Crippen LogP contribution in [0.2, 0.25) is 0 Å². The van der Waals surface area contributed by atoms with Gasteiger partial charge in [-0.3, -0.25) is 25.0 Å². The highest BCUT2D eigenvalue weighted by molar-refractivity contribution is 7.80. The lowest BCUT2D eigenvalue weighted by Crippen LogP contribution is -2.50. The standard InChI is InChI=1S/C19H23N7O4S/c1-20-18(31)23-22-14(27)11-26-17(28)15-16(21-12-24(15)8-9-30-2)25(19(26)29)10-13-6-4-3-5-7-13/h3-7,12H,8-11H2,1-2H3,(H,22,27)(H2,20,23,31). The molecule has 0 atom stereocenters. The van der Waals surface area contributed by atoms with Crippen molar-refractivity contribution in [1.29, 1.82) is 0 Å². The predicted octanol–water partition coefficient (Wildman–Crippen LogP) is -0.820. The van der Waals surface area contributed by atoms with Gasteiger partial charge >= 0.3 is 5.69 Å². The summed E-state index contributed by atoms with van der Waals surface area (Å²) >= 11 is 4.90. The van der Waals surface area contributed by atoms with Gasteiger partial charge in [-0.1, -0.05) is 30.3 Å². The van der Waals surface area contributed by atoms with Crippen LogP contribution >= 0.6 is 12.2 Å². The third-order valence-electron chi connectivity index (χ3n) is 4.55. The first-order valence-electron chi connectivity index (χ1n) is 9.44. The summed E-state index contributed by atoms with van der Waals surface area (Å²) in [5.41, 5.74) is 4.92. The highest BCUT2D eigenvalue weighted by atomic mass is 32.1. The number of thiocarbonyl (C=S) groups is 1. The van der Waals surface area contributed by atoms with Crippen LogP contribution in [0, 0.1) is 0 Å². The number of amides is 1. The molecule has 11 nitrogen and oxygen atoms in total. The van der Waals surface area contributed by atoms with Crippen LogP contribution in [0.3, 0.4) is 0 Å². The first kappa shape index (κ1) is 22.2. The Morgan fingerprint density at radius 1 is 1.16 bits per heavy atom. The maximum atomic E-state index is 13.2. The number of hydrazine groups is 1. The lowest BCUT2D eigenvalue weighted by molar-refractivity contribution is -0.122. The van der Waals surface area contributed by atoms with Gasteiger partial charge in [0.15, 0.2) is 16.3 Å². The topological polar surface area (TPSA) is 124 Å². The van der Waals surface area contributed by atoms with E-state index in [9.17, 15) is 14.4 Å². The molecule has 3 rings (SSSR count). The third kappa shape index (κ3) is 4.98. The summed E-state index contributed by atoms with van der Waals surface area (Å²) in [5, 5.41) is 2.83. The molecule has 0 fully saturated rings. The average molecular weight is 446 g/mol. The molecule has 0 bridgehead atoms. The van der Waals surface area contributed by atoms with Crippen LogP contribution in [0.1, 0.15) is 5.56 Å². The number of imidazole rings is 1. The van der Waals surface area contributed by atoms with Gasteiger partial charge in [-0.25, -0.2) is 14.3 Å². The van der Waals surface area contributed by atoms with E-state index in [2.05, 4.69) is 21.2 Å². The summed E-state index contributed by atoms with van der Waals surface area (Å²) < 4.78 is 8.98. The van der Waals surface area contributed by atoms with Crippen molar-refractivity contribution in [3.8, 4) is 0 Å². The fourth-order valence-corrected chi connectivity index (χ4v) is 3.07. The SMILES string of the molecule is CNC(=S)NNC(=O)Cn1c(=O)c2c(ncn2CCOC)n(Cc2ccccc2)c1=O. The van der Waals surface area contributed by atoms with Gasteiger partial charge in [-0.15, -0.1) is 0 Å². The second-order valence-corrected chi connectivity index (χ2v) is 7.01. The molecule has 0 saturated carbocycles. The molecule has 0 radical (unpaired) electrons. The summed E-state index contributed by atoms with van der Waals surface area (Å²) in [7, 11) is 3.14. The second-order valence-electron chi connectivity index (χ2n) is 6.60. The Hall–Kier alpha value is -3.51.